The van der Waals surface area contributed by atoms with Crippen molar-refractivity contribution >= 4 is 17.9 Å². The largest absolute Gasteiger partial charge is 0.444 e. The molecule has 0 N–H and O–H groups in total. The fourth-order valence-electron chi connectivity index (χ4n) is 2.70. The first kappa shape index (κ1) is 19.8. The third-order valence-electron chi connectivity index (χ3n) is 3.83. The predicted octanol–water partition coefficient (Wildman–Crippen LogP) is 4.33. The molecule has 0 unspecified atom stereocenters. The average molecular weight is 377 g/mol. The van der Waals surface area contributed by atoms with E-state index < -0.39 is 23.6 Å². The van der Waals surface area contributed by atoms with Crippen molar-refractivity contribution in [1.29, 1.82) is 0 Å². The van der Waals surface area contributed by atoms with Crippen molar-refractivity contribution in [3.8, 4) is 0 Å². The third-order valence-corrected chi connectivity index (χ3v) is 4.39. The fourth-order valence-corrected chi connectivity index (χ4v) is 3.04. The Labute approximate surface area is 149 Å². The maximum Gasteiger partial charge on any atom is 0.433 e. The number of rotatable bonds is 2. The normalized spacial score (nSPS) is 16.8. The van der Waals surface area contributed by atoms with Gasteiger partial charge in [0.2, 0.25) is 0 Å². The first-order valence-electron chi connectivity index (χ1n) is 7.97. The van der Waals surface area contributed by atoms with Crippen molar-refractivity contribution in [1.82, 2.24) is 14.9 Å². The van der Waals surface area contributed by atoms with Gasteiger partial charge >= 0.3 is 12.3 Å². The number of aromatic nitrogens is 2. The van der Waals surface area contributed by atoms with E-state index in [1.54, 1.807) is 27.0 Å². The molecule has 1 saturated heterocycles. The summed E-state index contributed by atoms with van der Waals surface area (Å²) >= 11 is 1.07. The summed E-state index contributed by atoms with van der Waals surface area (Å²) in [6.45, 7) is 6.02. The zero-order valence-electron chi connectivity index (χ0n) is 14.7. The smallest absolute Gasteiger partial charge is 0.433 e. The number of carbonyl (C=O) groups is 1. The first-order chi connectivity index (χ1) is 11.5. The Kier molecular flexibility index (Phi) is 5.86. The summed E-state index contributed by atoms with van der Waals surface area (Å²) in [5.74, 6) is -0.328. The third kappa shape index (κ3) is 5.23. The molecule has 1 amide bonds. The fraction of sp³-hybridized carbons (Fsp3) is 0.688. The van der Waals surface area contributed by atoms with E-state index in [4.69, 9.17) is 4.74 Å². The van der Waals surface area contributed by atoms with E-state index in [-0.39, 0.29) is 16.6 Å². The highest BCUT2D eigenvalue weighted by atomic mass is 32.2. The number of hydrogen-bond donors (Lipinski definition) is 0. The second-order valence-electron chi connectivity index (χ2n) is 6.90. The van der Waals surface area contributed by atoms with Gasteiger partial charge in [-0.25, -0.2) is 14.8 Å². The lowest BCUT2D eigenvalue weighted by Crippen LogP contribution is -2.41. The van der Waals surface area contributed by atoms with Crippen molar-refractivity contribution in [2.24, 2.45) is 0 Å². The molecular weight excluding hydrogens is 355 g/mol. The zero-order chi connectivity index (χ0) is 18.8. The monoisotopic (exact) mass is 377 g/mol. The van der Waals surface area contributed by atoms with Crippen LogP contribution in [0.5, 0.6) is 0 Å². The van der Waals surface area contributed by atoms with E-state index in [0.29, 0.717) is 25.9 Å². The van der Waals surface area contributed by atoms with E-state index >= 15 is 0 Å². The summed E-state index contributed by atoms with van der Waals surface area (Å²) in [6.07, 6.45) is -1.21. The van der Waals surface area contributed by atoms with Crippen LogP contribution in [0, 0.1) is 0 Å². The van der Waals surface area contributed by atoms with Crippen molar-refractivity contribution in [3.63, 3.8) is 0 Å². The number of ether oxygens (including phenoxy) is 1. The van der Waals surface area contributed by atoms with Crippen molar-refractivity contribution < 1.29 is 22.7 Å². The van der Waals surface area contributed by atoms with Crippen LogP contribution in [0.1, 0.15) is 50.8 Å². The second kappa shape index (κ2) is 7.39. The minimum Gasteiger partial charge on any atom is -0.444 e. The van der Waals surface area contributed by atoms with Crippen LogP contribution >= 0.6 is 11.8 Å². The highest BCUT2D eigenvalue weighted by molar-refractivity contribution is 7.98. The topological polar surface area (TPSA) is 55.3 Å². The molecule has 1 aromatic heterocycles. The summed E-state index contributed by atoms with van der Waals surface area (Å²) < 4.78 is 45.3. The van der Waals surface area contributed by atoms with E-state index in [2.05, 4.69) is 9.97 Å². The van der Waals surface area contributed by atoms with Gasteiger partial charge in [-0.2, -0.15) is 13.2 Å². The quantitative estimate of drug-likeness (QED) is 0.567. The molecule has 0 radical (unpaired) electrons. The lowest BCUT2D eigenvalue weighted by molar-refractivity contribution is -0.142. The van der Waals surface area contributed by atoms with Crippen LogP contribution in [0.15, 0.2) is 11.4 Å². The number of hydrogen-bond acceptors (Lipinski definition) is 5. The Bertz CT molecular complexity index is 624. The number of piperidine rings is 1. The molecule has 25 heavy (non-hydrogen) atoms. The van der Waals surface area contributed by atoms with Gasteiger partial charge in [0.25, 0.3) is 0 Å². The molecular formula is C16H22F3N3O2S. The van der Waals surface area contributed by atoms with Crippen LogP contribution in [-0.4, -0.2) is 45.9 Å². The van der Waals surface area contributed by atoms with Crippen molar-refractivity contribution in [3.05, 3.63) is 17.5 Å². The molecule has 2 heterocycles. The second-order valence-corrected chi connectivity index (χ2v) is 7.67. The molecule has 2 rings (SSSR count). The molecule has 1 fully saturated rings. The number of likely N-dealkylation sites (tertiary alicyclic amines) is 1. The van der Waals surface area contributed by atoms with Crippen LogP contribution in [0.4, 0.5) is 18.0 Å². The van der Waals surface area contributed by atoms with Gasteiger partial charge in [0, 0.05) is 24.8 Å². The lowest BCUT2D eigenvalue weighted by Gasteiger charge is -2.34. The summed E-state index contributed by atoms with van der Waals surface area (Å²) in [5, 5.41) is 0.0993. The highest BCUT2D eigenvalue weighted by Crippen LogP contribution is 2.38. The van der Waals surface area contributed by atoms with E-state index in [1.807, 2.05) is 0 Å². The van der Waals surface area contributed by atoms with Gasteiger partial charge in [-0.15, -0.1) is 0 Å². The molecule has 140 valence electrons. The van der Waals surface area contributed by atoms with Gasteiger partial charge in [0.1, 0.15) is 5.60 Å². The van der Waals surface area contributed by atoms with Gasteiger partial charge < -0.3 is 9.64 Å². The molecule has 1 aliphatic heterocycles. The molecule has 5 nitrogen and oxygen atoms in total. The Hall–Kier alpha value is -1.51. The van der Waals surface area contributed by atoms with E-state index in [0.717, 1.165) is 11.8 Å². The van der Waals surface area contributed by atoms with Crippen LogP contribution in [0.3, 0.4) is 0 Å². The van der Waals surface area contributed by atoms with Crippen LogP contribution in [0.25, 0.3) is 0 Å². The average Bonchev–Trinajstić information content (AvgIpc) is 2.52. The number of nitrogens with zero attached hydrogens (tertiary/aromatic N) is 3. The van der Waals surface area contributed by atoms with Gasteiger partial charge in [0.15, 0.2) is 10.9 Å². The minimum absolute atomic E-state index is 0.0993. The van der Waals surface area contributed by atoms with Crippen LogP contribution < -0.4 is 0 Å². The molecule has 1 aliphatic rings. The summed E-state index contributed by atoms with van der Waals surface area (Å²) in [4.78, 5) is 21.3. The number of carbonyl (C=O) groups excluding carboxylic acids is 1. The maximum atomic E-state index is 13.3. The van der Waals surface area contributed by atoms with Crippen molar-refractivity contribution in [2.75, 3.05) is 19.3 Å². The van der Waals surface area contributed by atoms with Crippen LogP contribution in [-0.2, 0) is 10.9 Å². The Balaban J connectivity index is 2.12. The molecule has 0 aromatic carbocycles. The summed E-state index contributed by atoms with van der Waals surface area (Å²) in [7, 11) is 0. The lowest BCUT2D eigenvalue weighted by atomic mass is 9.89. The first-order valence-corrected chi connectivity index (χ1v) is 9.20. The number of thioether (sulfide) groups is 1. The summed E-state index contributed by atoms with van der Waals surface area (Å²) in [6, 6.07) is 0. The molecule has 0 aliphatic carbocycles. The van der Waals surface area contributed by atoms with Gasteiger partial charge in [-0.3, -0.25) is 0 Å². The number of halogens is 3. The Morgan fingerprint density at radius 3 is 2.36 bits per heavy atom. The predicted molar refractivity (Wildman–Crippen MR) is 88.6 cm³/mol. The maximum absolute atomic E-state index is 13.3. The minimum atomic E-state index is -4.52. The number of amides is 1. The SMILES string of the molecule is CSc1ncc(C2CCN(C(=O)OC(C)(C)C)CC2)c(C(F)(F)F)n1. The van der Waals surface area contributed by atoms with Gasteiger partial charge in [-0.05, 0) is 45.8 Å². The Morgan fingerprint density at radius 2 is 1.88 bits per heavy atom. The summed E-state index contributed by atoms with van der Waals surface area (Å²) in [5.41, 5.74) is -1.37. The molecule has 0 atom stereocenters. The Morgan fingerprint density at radius 1 is 1.28 bits per heavy atom. The molecule has 1 aromatic rings. The van der Waals surface area contributed by atoms with Gasteiger partial charge in [0.05, 0.1) is 0 Å². The zero-order valence-corrected chi connectivity index (χ0v) is 15.5. The molecule has 9 heteroatoms. The van der Waals surface area contributed by atoms with E-state index in [1.165, 1.54) is 11.1 Å². The number of alkyl halides is 3. The highest BCUT2D eigenvalue weighted by Gasteiger charge is 2.39. The van der Waals surface area contributed by atoms with Gasteiger partial charge in [-0.1, -0.05) is 11.8 Å². The van der Waals surface area contributed by atoms with E-state index in [9.17, 15) is 18.0 Å². The molecule has 0 bridgehead atoms. The molecule has 0 spiro atoms. The molecule has 0 saturated carbocycles. The van der Waals surface area contributed by atoms with Crippen molar-refractivity contribution in [2.45, 2.75) is 56.5 Å². The standard InChI is InChI=1S/C16H22F3N3O2S/c1-15(2,3)24-14(23)22-7-5-10(6-8-22)11-9-20-13(25-4)21-12(11)16(17,18)19/h9-10H,5-8H2,1-4H3. The van der Waals surface area contributed by atoms with Crippen LogP contribution in [0.2, 0.25) is 0 Å².